The molecule has 2 nitrogen and oxygen atoms in total. The van der Waals surface area contributed by atoms with Gasteiger partial charge in [0.15, 0.2) is 0 Å². The van der Waals surface area contributed by atoms with Crippen molar-refractivity contribution in [1.29, 1.82) is 0 Å². The summed E-state index contributed by atoms with van der Waals surface area (Å²) in [5.74, 6) is -1.31. The number of rotatable bonds is 2. The van der Waals surface area contributed by atoms with Crippen molar-refractivity contribution in [3.63, 3.8) is 0 Å². The van der Waals surface area contributed by atoms with Crippen LogP contribution in [0.25, 0.3) is 5.57 Å². The molecule has 0 aromatic heterocycles. The van der Waals surface area contributed by atoms with Crippen molar-refractivity contribution in [3.05, 3.63) is 35.9 Å². The monoisotopic (exact) mass is 300 g/mol. The van der Waals surface area contributed by atoms with Gasteiger partial charge in [-0.1, -0.05) is 18.2 Å². The van der Waals surface area contributed by atoms with Gasteiger partial charge in [0, 0.05) is 5.56 Å². The Morgan fingerprint density at radius 2 is 1.50 bits per heavy atom. The third-order valence-corrected chi connectivity index (χ3v) is 2.70. The highest BCUT2D eigenvalue weighted by atomic mass is 19.4. The summed E-state index contributed by atoms with van der Waals surface area (Å²) >= 11 is 0. The normalized spacial score (nSPS) is 13.4. The number of hydrogen-bond donors (Lipinski definition) is 2. The van der Waals surface area contributed by atoms with Crippen molar-refractivity contribution in [3.8, 4) is 5.75 Å². The van der Waals surface area contributed by atoms with Gasteiger partial charge in [0.2, 0.25) is 0 Å². The second kappa shape index (κ2) is 4.69. The Hall–Kier alpha value is -1.70. The van der Waals surface area contributed by atoms with Crippen LogP contribution in [0.4, 0.5) is 26.3 Å². The minimum absolute atomic E-state index is 0.0651. The molecule has 0 spiro atoms. The number of alkyl halides is 6. The van der Waals surface area contributed by atoms with E-state index in [1.807, 2.05) is 0 Å². The quantitative estimate of drug-likeness (QED) is 0.817. The number of phenols is 1. The number of phenolic OH excluding ortho intramolecular Hbond substituents is 1. The van der Waals surface area contributed by atoms with Crippen LogP contribution >= 0.6 is 0 Å². The van der Waals surface area contributed by atoms with E-state index in [-0.39, 0.29) is 11.1 Å². The molecule has 0 saturated carbocycles. The fourth-order valence-corrected chi connectivity index (χ4v) is 1.56. The van der Waals surface area contributed by atoms with Crippen LogP contribution in [-0.4, -0.2) is 22.6 Å². The highest BCUT2D eigenvalue weighted by Crippen LogP contribution is 2.52. The van der Waals surface area contributed by atoms with Crippen LogP contribution in [0.5, 0.6) is 5.75 Å². The maximum Gasteiger partial charge on any atom is 0.430 e. The standard InChI is InChI=1S/C12H10F6O2/c1-6(2)7-3-4-9(19)8(5-7)10(20,11(13,14)15)12(16,17)18/h3-5,19-20H,1H2,2H3. The Morgan fingerprint density at radius 1 is 1.05 bits per heavy atom. The van der Waals surface area contributed by atoms with E-state index in [1.165, 1.54) is 6.92 Å². The van der Waals surface area contributed by atoms with Crippen molar-refractivity contribution in [2.75, 3.05) is 0 Å². The van der Waals surface area contributed by atoms with Gasteiger partial charge in [0.25, 0.3) is 5.60 Å². The van der Waals surface area contributed by atoms with Crippen LogP contribution in [-0.2, 0) is 5.60 Å². The number of halogens is 6. The van der Waals surface area contributed by atoms with Crippen molar-refractivity contribution in [1.82, 2.24) is 0 Å². The maximum atomic E-state index is 12.7. The van der Waals surface area contributed by atoms with Gasteiger partial charge >= 0.3 is 12.4 Å². The highest BCUT2D eigenvalue weighted by Gasteiger charge is 2.72. The predicted octanol–water partition coefficient (Wildman–Crippen LogP) is 3.74. The first-order valence-corrected chi connectivity index (χ1v) is 5.17. The Balaban J connectivity index is 3.67. The summed E-state index contributed by atoms with van der Waals surface area (Å²) in [4.78, 5) is 0. The highest BCUT2D eigenvalue weighted by molar-refractivity contribution is 5.64. The summed E-state index contributed by atoms with van der Waals surface area (Å²) in [5.41, 5.74) is -6.73. The van der Waals surface area contributed by atoms with Gasteiger partial charge in [0.1, 0.15) is 5.75 Å². The fourth-order valence-electron chi connectivity index (χ4n) is 1.56. The minimum Gasteiger partial charge on any atom is -0.508 e. The zero-order chi connectivity index (χ0) is 15.9. The lowest BCUT2D eigenvalue weighted by Gasteiger charge is -2.33. The average molecular weight is 300 g/mol. The second-order valence-corrected chi connectivity index (χ2v) is 4.22. The van der Waals surface area contributed by atoms with Crippen molar-refractivity contribution < 1.29 is 36.6 Å². The molecule has 1 rings (SSSR count). The van der Waals surface area contributed by atoms with E-state index in [4.69, 9.17) is 0 Å². The lowest BCUT2D eigenvalue weighted by Crippen LogP contribution is -2.54. The van der Waals surface area contributed by atoms with Crippen molar-refractivity contribution >= 4 is 5.57 Å². The minimum atomic E-state index is -6.05. The van der Waals surface area contributed by atoms with Crippen LogP contribution in [0.15, 0.2) is 24.8 Å². The Kier molecular flexibility index (Phi) is 3.84. The van der Waals surface area contributed by atoms with E-state index < -0.39 is 29.3 Å². The average Bonchev–Trinajstić information content (AvgIpc) is 2.25. The largest absolute Gasteiger partial charge is 0.508 e. The lowest BCUT2D eigenvalue weighted by atomic mass is 9.89. The number of allylic oxidation sites excluding steroid dienone is 1. The molecule has 0 bridgehead atoms. The molecule has 1 aromatic rings. The van der Waals surface area contributed by atoms with E-state index in [2.05, 4.69) is 6.58 Å². The zero-order valence-electron chi connectivity index (χ0n) is 10.1. The molecule has 20 heavy (non-hydrogen) atoms. The molecule has 1 aromatic carbocycles. The summed E-state index contributed by atoms with van der Waals surface area (Å²) < 4.78 is 76.2. The zero-order valence-corrected chi connectivity index (χ0v) is 10.1. The molecule has 112 valence electrons. The Morgan fingerprint density at radius 3 is 1.85 bits per heavy atom. The van der Waals surface area contributed by atoms with Crippen LogP contribution in [0.2, 0.25) is 0 Å². The smallest absolute Gasteiger partial charge is 0.430 e. The van der Waals surface area contributed by atoms with E-state index >= 15 is 0 Å². The molecule has 0 amide bonds. The van der Waals surface area contributed by atoms with Crippen LogP contribution in [0.3, 0.4) is 0 Å². The van der Waals surface area contributed by atoms with E-state index in [1.54, 1.807) is 0 Å². The third-order valence-electron chi connectivity index (χ3n) is 2.70. The van der Waals surface area contributed by atoms with E-state index in [0.717, 1.165) is 6.07 Å². The summed E-state index contributed by atoms with van der Waals surface area (Å²) in [7, 11) is 0. The van der Waals surface area contributed by atoms with Crippen LogP contribution in [0.1, 0.15) is 18.1 Å². The molecular weight excluding hydrogens is 290 g/mol. The second-order valence-electron chi connectivity index (χ2n) is 4.22. The topological polar surface area (TPSA) is 40.5 Å². The molecule has 0 aliphatic heterocycles. The molecule has 0 radical (unpaired) electrons. The van der Waals surface area contributed by atoms with E-state index in [0.29, 0.717) is 12.1 Å². The van der Waals surface area contributed by atoms with Crippen LogP contribution in [0, 0.1) is 0 Å². The third kappa shape index (κ3) is 2.47. The lowest BCUT2D eigenvalue weighted by molar-refractivity contribution is -0.376. The molecule has 2 N–H and O–H groups in total. The van der Waals surface area contributed by atoms with Gasteiger partial charge in [-0.2, -0.15) is 26.3 Å². The number of aliphatic hydroxyl groups is 1. The van der Waals surface area contributed by atoms with E-state index in [9.17, 15) is 36.6 Å². The molecule has 0 saturated heterocycles. The first-order chi connectivity index (χ1) is 8.82. The van der Waals surface area contributed by atoms with Gasteiger partial charge in [-0.25, -0.2) is 0 Å². The van der Waals surface area contributed by atoms with Gasteiger partial charge < -0.3 is 10.2 Å². The summed E-state index contributed by atoms with van der Waals surface area (Å²) in [5, 5.41) is 18.5. The van der Waals surface area contributed by atoms with Gasteiger partial charge in [-0.15, -0.1) is 0 Å². The SMILES string of the molecule is C=C(C)c1ccc(O)c(C(O)(C(F)(F)F)C(F)(F)F)c1. The van der Waals surface area contributed by atoms with Gasteiger partial charge in [-0.05, 0) is 24.6 Å². The number of hydrogen-bond acceptors (Lipinski definition) is 2. The maximum absolute atomic E-state index is 12.7. The summed E-state index contributed by atoms with van der Waals surface area (Å²) in [6.45, 7) is 4.73. The Bertz CT molecular complexity index is 516. The summed E-state index contributed by atoms with van der Waals surface area (Å²) in [6, 6.07) is 2.15. The molecule has 0 aliphatic rings. The molecule has 0 heterocycles. The predicted molar refractivity (Wildman–Crippen MR) is 58.8 cm³/mol. The van der Waals surface area contributed by atoms with Gasteiger partial charge in [0.05, 0.1) is 0 Å². The summed E-state index contributed by atoms with van der Waals surface area (Å²) in [6.07, 6.45) is -12.1. The molecule has 8 heteroatoms. The molecule has 0 atom stereocenters. The molecular formula is C12H10F6O2. The van der Waals surface area contributed by atoms with Crippen LogP contribution < -0.4 is 0 Å². The van der Waals surface area contributed by atoms with Crippen molar-refractivity contribution in [2.24, 2.45) is 0 Å². The first-order valence-electron chi connectivity index (χ1n) is 5.17. The molecule has 0 aliphatic carbocycles. The molecule has 0 fully saturated rings. The first kappa shape index (κ1) is 16.4. The molecule has 0 unspecified atom stereocenters. The number of aromatic hydroxyl groups is 1. The Labute approximate surface area is 110 Å². The fraction of sp³-hybridized carbons (Fsp3) is 0.333. The number of benzene rings is 1. The van der Waals surface area contributed by atoms with Gasteiger partial charge in [-0.3, -0.25) is 0 Å². The van der Waals surface area contributed by atoms with Crippen molar-refractivity contribution in [2.45, 2.75) is 24.9 Å².